The zero-order valence-electron chi connectivity index (χ0n) is 9.09. The first-order valence-electron chi connectivity index (χ1n) is 4.86. The molecule has 0 fully saturated rings. The largest absolute Gasteiger partial charge is 0.468 e. The molecule has 0 aliphatic rings. The number of ether oxygens (including phenoxy) is 1. The maximum atomic E-state index is 13.3. The number of nitrogens with one attached hydrogen (secondary N) is 1. The normalized spacial score (nSPS) is 12.2. The van der Waals surface area contributed by atoms with E-state index in [1.807, 2.05) is 6.92 Å². The Morgan fingerprint density at radius 2 is 2.31 bits per heavy atom. The van der Waals surface area contributed by atoms with E-state index < -0.39 is 17.8 Å². The topological polar surface area (TPSA) is 38.3 Å². The number of carbonyl (C=O) groups is 1. The maximum Gasteiger partial charge on any atom is 0.327 e. The first kappa shape index (κ1) is 13.1. The molecule has 0 spiro atoms. The van der Waals surface area contributed by atoms with Crippen LogP contribution in [0.15, 0.2) is 22.7 Å². The number of halogens is 2. The lowest BCUT2D eigenvalue weighted by Crippen LogP contribution is -2.29. The Balaban J connectivity index is 3.01. The van der Waals surface area contributed by atoms with Gasteiger partial charge in [-0.15, -0.1) is 0 Å². The van der Waals surface area contributed by atoms with Crippen LogP contribution in [0.4, 0.5) is 4.39 Å². The van der Waals surface area contributed by atoms with E-state index in [9.17, 15) is 9.18 Å². The van der Waals surface area contributed by atoms with Crippen molar-refractivity contribution in [1.82, 2.24) is 5.32 Å². The van der Waals surface area contributed by atoms with Crippen LogP contribution in [0.25, 0.3) is 0 Å². The van der Waals surface area contributed by atoms with E-state index in [4.69, 9.17) is 0 Å². The Hall–Kier alpha value is -0.940. The summed E-state index contributed by atoms with van der Waals surface area (Å²) in [4.78, 5) is 11.5. The average Bonchev–Trinajstić information content (AvgIpc) is 2.29. The van der Waals surface area contributed by atoms with Gasteiger partial charge in [-0.05, 0) is 40.2 Å². The molecule has 88 valence electrons. The molecular weight excluding hydrogens is 277 g/mol. The Labute approximate surface area is 102 Å². The molecule has 1 unspecified atom stereocenters. The summed E-state index contributed by atoms with van der Waals surface area (Å²) in [6.45, 7) is 2.46. The highest BCUT2D eigenvalue weighted by molar-refractivity contribution is 9.10. The molecule has 16 heavy (non-hydrogen) atoms. The van der Waals surface area contributed by atoms with Crippen LogP contribution in [0.3, 0.4) is 0 Å². The monoisotopic (exact) mass is 289 g/mol. The minimum Gasteiger partial charge on any atom is -0.468 e. The first-order valence-corrected chi connectivity index (χ1v) is 5.65. The third-order valence-corrected chi connectivity index (χ3v) is 2.77. The van der Waals surface area contributed by atoms with Gasteiger partial charge in [0.15, 0.2) is 0 Å². The molecule has 1 aromatic rings. The Morgan fingerprint density at radius 1 is 1.62 bits per heavy atom. The highest BCUT2D eigenvalue weighted by Gasteiger charge is 2.20. The Bertz CT molecular complexity index is 384. The molecular formula is C11H13BrFNO2. The molecule has 1 aromatic carbocycles. The van der Waals surface area contributed by atoms with Crippen molar-refractivity contribution in [3.05, 3.63) is 34.1 Å². The van der Waals surface area contributed by atoms with Crippen molar-refractivity contribution in [2.75, 3.05) is 13.7 Å². The molecule has 5 heteroatoms. The number of hydrogen-bond acceptors (Lipinski definition) is 3. The smallest absolute Gasteiger partial charge is 0.327 e. The van der Waals surface area contributed by atoms with Gasteiger partial charge in [-0.25, -0.2) is 9.18 Å². The Morgan fingerprint density at radius 3 is 2.81 bits per heavy atom. The lowest BCUT2D eigenvalue weighted by atomic mass is 10.1. The molecule has 0 amide bonds. The van der Waals surface area contributed by atoms with Gasteiger partial charge < -0.3 is 10.1 Å². The molecule has 0 heterocycles. The molecule has 0 radical (unpaired) electrons. The predicted molar refractivity (Wildman–Crippen MR) is 62.5 cm³/mol. The summed E-state index contributed by atoms with van der Waals surface area (Å²) in [5.41, 5.74) is 0.550. The van der Waals surface area contributed by atoms with Crippen molar-refractivity contribution < 1.29 is 13.9 Å². The number of methoxy groups -OCH3 is 1. The van der Waals surface area contributed by atoms with Crippen LogP contribution in [0.5, 0.6) is 0 Å². The third kappa shape index (κ3) is 3.02. The number of likely N-dealkylation sites (N-methyl/N-ethyl adjacent to an activating group) is 1. The van der Waals surface area contributed by atoms with E-state index >= 15 is 0 Å². The van der Waals surface area contributed by atoms with Crippen molar-refractivity contribution in [3.63, 3.8) is 0 Å². The van der Waals surface area contributed by atoms with Crippen LogP contribution >= 0.6 is 15.9 Å². The first-order chi connectivity index (χ1) is 7.60. The number of esters is 1. The molecule has 0 aromatic heterocycles. The second kappa shape index (κ2) is 5.96. The van der Waals surface area contributed by atoms with Crippen molar-refractivity contribution in [2.24, 2.45) is 0 Å². The van der Waals surface area contributed by atoms with Gasteiger partial charge >= 0.3 is 5.97 Å². The average molecular weight is 290 g/mol. The van der Waals surface area contributed by atoms with E-state index in [1.165, 1.54) is 13.2 Å². The Kier molecular flexibility index (Phi) is 4.89. The summed E-state index contributed by atoms with van der Waals surface area (Å²) in [6.07, 6.45) is 0. The number of hydrogen-bond donors (Lipinski definition) is 1. The molecule has 1 N–H and O–H groups in total. The summed E-state index contributed by atoms with van der Waals surface area (Å²) >= 11 is 3.06. The molecule has 0 bridgehead atoms. The van der Waals surface area contributed by atoms with E-state index in [2.05, 4.69) is 26.0 Å². The minimum absolute atomic E-state index is 0.372. The van der Waals surface area contributed by atoms with E-state index in [1.54, 1.807) is 12.1 Å². The van der Waals surface area contributed by atoms with Crippen LogP contribution < -0.4 is 5.32 Å². The van der Waals surface area contributed by atoms with E-state index in [0.717, 1.165) is 0 Å². The number of benzene rings is 1. The summed E-state index contributed by atoms with van der Waals surface area (Å²) in [6, 6.07) is 3.93. The van der Waals surface area contributed by atoms with Crippen LogP contribution in [0, 0.1) is 5.82 Å². The maximum absolute atomic E-state index is 13.3. The SMILES string of the molecule is CCNC(C(=O)OC)c1ccc(Br)c(F)c1. The molecule has 1 atom stereocenters. The summed E-state index contributed by atoms with van der Waals surface area (Å²) in [7, 11) is 1.31. The number of carbonyl (C=O) groups excluding carboxylic acids is 1. The van der Waals surface area contributed by atoms with Gasteiger partial charge in [0, 0.05) is 0 Å². The second-order valence-electron chi connectivity index (χ2n) is 3.19. The molecule has 0 saturated heterocycles. The van der Waals surface area contributed by atoms with Gasteiger partial charge in [-0.3, -0.25) is 0 Å². The van der Waals surface area contributed by atoms with Gasteiger partial charge in [0.05, 0.1) is 11.6 Å². The molecule has 0 aliphatic heterocycles. The summed E-state index contributed by atoms with van der Waals surface area (Å²) < 4.78 is 18.3. The quantitative estimate of drug-likeness (QED) is 0.865. The summed E-state index contributed by atoms with van der Waals surface area (Å²) in [5.74, 6) is -0.826. The zero-order chi connectivity index (χ0) is 12.1. The van der Waals surface area contributed by atoms with Gasteiger partial charge in [-0.2, -0.15) is 0 Å². The lowest BCUT2D eigenvalue weighted by Gasteiger charge is -2.15. The van der Waals surface area contributed by atoms with Gasteiger partial charge in [0.1, 0.15) is 11.9 Å². The fraction of sp³-hybridized carbons (Fsp3) is 0.364. The van der Waals surface area contributed by atoms with E-state index in [0.29, 0.717) is 16.6 Å². The predicted octanol–water partition coefficient (Wildman–Crippen LogP) is 2.41. The van der Waals surface area contributed by atoms with Gasteiger partial charge in [0.25, 0.3) is 0 Å². The fourth-order valence-electron chi connectivity index (χ4n) is 1.35. The van der Waals surface area contributed by atoms with Crippen molar-refractivity contribution in [1.29, 1.82) is 0 Å². The highest BCUT2D eigenvalue weighted by Crippen LogP contribution is 2.21. The van der Waals surface area contributed by atoms with Crippen LogP contribution in [0.1, 0.15) is 18.5 Å². The van der Waals surface area contributed by atoms with Gasteiger partial charge in [0.2, 0.25) is 0 Å². The standard InChI is InChI=1S/C11H13BrFNO2/c1-3-14-10(11(15)16-2)7-4-5-8(12)9(13)6-7/h4-6,10,14H,3H2,1-2H3. The van der Waals surface area contributed by atoms with E-state index in [-0.39, 0.29) is 0 Å². The molecule has 0 saturated carbocycles. The second-order valence-corrected chi connectivity index (χ2v) is 4.04. The highest BCUT2D eigenvalue weighted by atomic mass is 79.9. The minimum atomic E-state index is -0.627. The van der Waals surface area contributed by atoms with Crippen molar-refractivity contribution >= 4 is 21.9 Å². The lowest BCUT2D eigenvalue weighted by molar-refractivity contribution is -0.143. The molecule has 0 aliphatic carbocycles. The van der Waals surface area contributed by atoms with Crippen LogP contribution in [0.2, 0.25) is 0 Å². The van der Waals surface area contributed by atoms with Crippen molar-refractivity contribution in [2.45, 2.75) is 13.0 Å². The molecule has 1 rings (SSSR count). The number of rotatable bonds is 4. The molecule has 3 nitrogen and oxygen atoms in total. The van der Waals surface area contributed by atoms with Crippen LogP contribution in [-0.2, 0) is 9.53 Å². The van der Waals surface area contributed by atoms with Crippen LogP contribution in [-0.4, -0.2) is 19.6 Å². The van der Waals surface area contributed by atoms with Crippen molar-refractivity contribution in [3.8, 4) is 0 Å². The zero-order valence-corrected chi connectivity index (χ0v) is 10.7. The van der Waals surface area contributed by atoms with Gasteiger partial charge in [-0.1, -0.05) is 13.0 Å². The fourth-order valence-corrected chi connectivity index (χ4v) is 1.60. The summed E-state index contributed by atoms with van der Waals surface area (Å²) in [5, 5.41) is 2.94. The third-order valence-electron chi connectivity index (χ3n) is 2.12.